The van der Waals surface area contributed by atoms with Crippen LogP contribution in [0.15, 0.2) is 34.7 Å². The average molecular weight is 477 g/mol. The molecule has 4 aliphatic carbocycles. The number of halogens is 2. The highest BCUT2D eigenvalue weighted by Crippen LogP contribution is 2.61. The third-order valence-electron chi connectivity index (χ3n) is 7.61. The van der Waals surface area contributed by atoms with E-state index in [1.165, 1.54) is 38.5 Å². The molecule has 0 spiro atoms. The fourth-order valence-corrected chi connectivity index (χ4v) is 7.09. The van der Waals surface area contributed by atoms with Crippen molar-refractivity contribution in [1.82, 2.24) is 10.6 Å². The second kappa shape index (κ2) is 8.09. The number of hydrogen-bond donors (Lipinski definition) is 2. The number of benzene rings is 1. The molecule has 2 N–H and O–H groups in total. The largest absolute Gasteiger partial charge is 0.451 e. The summed E-state index contributed by atoms with van der Waals surface area (Å²) < 4.78 is 5.73. The van der Waals surface area contributed by atoms with Crippen LogP contribution in [0.5, 0.6) is 0 Å². The number of rotatable bonds is 4. The highest BCUT2D eigenvalue weighted by atomic mass is 35.5. The molecule has 4 aliphatic rings. The molecule has 31 heavy (non-hydrogen) atoms. The molecular weight excluding hydrogens is 451 g/mol. The van der Waals surface area contributed by atoms with E-state index in [0.717, 1.165) is 23.3 Å². The summed E-state index contributed by atoms with van der Waals surface area (Å²) in [5.74, 6) is 3.02. The topological polar surface area (TPSA) is 54.3 Å². The van der Waals surface area contributed by atoms with Gasteiger partial charge in [-0.25, -0.2) is 0 Å². The molecule has 164 valence electrons. The molecule has 0 aliphatic heterocycles. The lowest BCUT2D eigenvalue weighted by atomic mass is 9.48. The van der Waals surface area contributed by atoms with Gasteiger partial charge in [0.1, 0.15) is 5.76 Å². The summed E-state index contributed by atoms with van der Waals surface area (Å²) in [6.07, 6.45) is 8.09. The quantitative estimate of drug-likeness (QED) is 0.496. The number of amides is 1. The highest BCUT2D eigenvalue weighted by molar-refractivity contribution is 7.80. The van der Waals surface area contributed by atoms with Crippen LogP contribution < -0.4 is 10.6 Å². The van der Waals surface area contributed by atoms with Gasteiger partial charge in [-0.3, -0.25) is 10.1 Å². The predicted molar refractivity (Wildman–Crippen MR) is 127 cm³/mol. The van der Waals surface area contributed by atoms with Crippen molar-refractivity contribution < 1.29 is 9.21 Å². The van der Waals surface area contributed by atoms with Crippen LogP contribution in [0.1, 0.15) is 56.0 Å². The molecule has 0 saturated heterocycles. The third-order valence-corrected chi connectivity index (χ3v) is 8.57. The van der Waals surface area contributed by atoms with Crippen LogP contribution in [0.25, 0.3) is 11.3 Å². The van der Waals surface area contributed by atoms with Gasteiger partial charge in [0.15, 0.2) is 10.9 Å². The molecule has 0 radical (unpaired) electrons. The van der Waals surface area contributed by atoms with Gasteiger partial charge < -0.3 is 9.73 Å². The van der Waals surface area contributed by atoms with E-state index in [2.05, 4.69) is 17.6 Å². The van der Waals surface area contributed by atoms with E-state index < -0.39 is 0 Å². The summed E-state index contributed by atoms with van der Waals surface area (Å²) in [7, 11) is 0. The van der Waals surface area contributed by atoms with Crippen LogP contribution in [0.3, 0.4) is 0 Å². The molecule has 2 aromatic rings. The SMILES string of the molecule is CC(NC(=S)NC(=O)c1ccc(-c2ccc(Cl)c(Cl)c2)o1)C12CC3CC(CC(C3)C1)C2. The van der Waals surface area contributed by atoms with Gasteiger partial charge in [-0.1, -0.05) is 23.2 Å². The monoisotopic (exact) mass is 476 g/mol. The second-order valence-electron chi connectivity index (χ2n) is 9.72. The Bertz CT molecular complexity index is 999. The van der Waals surface area contributed by atoms with Crippen molar-refractivity contribution in [3.05, 3.63) is 46.1 Å². The fraction of sp³-hybridized carbons (Fsp3) is 0.500. The normalized spacial score (nSPS) is 29.6. The number of carbonyl (C=O) groups excluding carboxylic acids is 1. The molecule has 4 bridgehead atoms. The van der Waals surface area contributed by atoms with E-state index in [-0.39, 0.29) is 17.7 Å². The highest BCUT2D eigenvalue weighted by Gasteiger charge is 2.53. The molecule has 7 heteroatoms. The van der Waals surface area contributed by atoms with Crippen molar-refractivity contribution in [3.8, 4) is 11.3 Å². The Kier molecular flexibility index (Phi) is 5.56. The summed E-state index contributed by atoms with van der Waals surface area (Å²) >= 11 is 17.5. The van der Waals surface area contributed by atoms with Gasteiger partial charge in [0.05, 0.1) is 10.0 Å². The van der Waals surface area contributed by atoms with Gasteiger partial charge in [-0.2, -0.15) is 0 Å². The van der Waals surface area contributed by atoms with Gasteiger partial charge in [0.25, 0.3) is 5.91 Å². The van der Waals surface area contributed by atoms with Crippen molar-refractivity contribution in [3.63, 3.8) is 0 Å². The minimum atomic E-state index is -0.360. The summed E-state index contributed by atoms with van der Waals surface area (Å²) in [5, 5.41) is 7.47. The lowest BCUT2D eigenvalue weighted by Gasteiger charge is -2.59. The van der Waals surface area contributed by atoms with Gasteiger partial charge >= 0.3 is 0 Å². The predicted octanol–water partition coefficient (Wildman–Crippen LogP) is 6.46. The van der Waals surface area contributed by atoms with E-state index in [9.17, 15) is 4.79 Å². The molecule has 1 unspecified atom stereocenters. The number of furan rings is 1. The van der Waals surface area contributed by atoms with E-state index in [4.69, 9.17) is 39.8 Å². The number of carbonyl (C=O) groups is 1. The molecular formula is C24H26Cl2N2O2S. The smallest absolute Gasteiger partial charge is 0.293 e. The lowest BCUT2D eigenvalue weighted by molar-refractivity contribution is -0.0672. The third kappa shape index (κ3) is 4.12. The van der Waals surface area contributed by atoms with Gasteiger partial charge in [-0.15, -0.1) is 0 Å². The first kappa shape index (κ1) is 21.3. The van der Waals surface area contributed by atoms with Gasteiger partial charge in [0.2, 0.25) is 0 Å². The summed E-state index contributed by atoms with van der Waals surface area (Å²) in [6, 6.07) is 8.84. The Morgan fingerprint density at radius 3 is 2.32 bits per heavy atom. The first-order valence-electron chi connectivity index (χ1n) is 11.0. The molecule has 4 nitrogen and oxygen atoms in total. The molecule has 6 rings (SSSR count). The van der Waals surface area contributed by atoms with Crippen molar-refractivity contribution in [2.75, 3.05) is 0 Å². The van der Waals surface area contributed by atoms with Gasteiger partial charge in [0, 0.05) is 11.6 Å². The van der Waals surface area contributed by atoms with E-state index in [0.29, 0.717) is 26.3 Å². The van der Waals surface area contributed by atoms with Crippen LogP contribution in [0.4, 0.5) is 0 Å². The number of nitrogens with one attached hydrogen (secondary N) is 2. The Morgan fingerprint density at radius 2 is 1.71 bits per heavy atom. The zero-order valence-corrected chi connectivity index (χ0v) is 19.7. The van der Waals surface area contributed by atoms with E-state index >= 15 is 0 Å². The molecule has 4 saturated carbocycles. The minimum absolute atomic E-state index is 0.202. The zero-order chi connectivity index (χ0) is 21.8. The number of thiocarbonyl (C=S) groups is 1. The zero-order valence-electron chi connectivity index (χ0n) is 17.4. The second-order valence-corrected chi connectivity index (χ2v) is 10.9. The molecule has 1 aromatic carbocycles. The standard InChI is InChI=1S/C24H26Cl2N2O2S/c1-13(24-10-14-6-15(11-24)8-16(7-14)12-24)27-23(31)28-22(29)21-5-4-20(30-21)17-2-3-18(25)19(26)9-17/h2-5,9,13-16H,6-8,10-12H2,1H3,(H2,27,28,29,31). The molecule has 1 amide bonds. The molecule has 1 heterocycles. The lowest BCUT2D eigenvalue weighted by Crippen LogP contribution is -2.57. The summed E-state index contributed by atoms with van der Waals surface area (Å²) in [6.45, 7) is 2.22. The van der Waals surface area contributed by atoms with E-state index in [1.807, 2.05) is 0 Å². The Hall–Kier alpha value is -1.56. The summed E-state index contributed by atoms with van der Waals surface area (Å²) in [4.78, 5) is 12.7. The van der Waals surface area contributed by atoms with Crippen LogP contribution >= 0.6 is 35.4 Å². The van der Waals surface area contributed by atoms with Crippen LogP contribution in [0, 0.1) is 23.2 Å². The van der Waals surface area contributed by atoms with Crippen molar-refractivity contribution in [2.45, 2.75) is 51.5 Å². The number of hydrogen-bond acceptors (Lipinski definition) is 3. The fourth-order valence-electron chi connectivity index (χ4n) is 6.52. The maximum atomic E-state index is 12.7. The van der Waals surface area contributed by atoms with Crippen molar-refractivity contribution >= 4 is 46.4 Å². The first-order valence-corrected chi connectivity index (χ1v) is 12.1. The molecule has 1 aromatic heterocycles. The first-order chi connectivity index (χ1) is 14.8. The van der Waals surface area contributed by atoms with Crippen LogP contribution in [-0.4, -0.2) is 17.1 Å². The Balaban J connectivity index is 1.21. The van der Waals surface area contributed by atoms with Gasteiger partial charge in [-0.05, 0) is 111 Å². The maximum absolute atomic E-state index is 12.7. The Labute approximate surface area is 198 Å². The molecule has 4 fully saturated rings. The van der Waals surface area contributed by atoms with Crippen LogP contribution in [-0.2, 0) is 0 Å². The summed E-state index contributed by atoms with van der Waals surface area (Å²) in [5.41, 5.74) is 1.07. The molecule has 1 atom stereocenters. The average Bonchev–Trinajstić information content (AvgIpc) is 3.19. The van der Waals surface area contributed by atoms with E-state index in [1.54, 1.807) is 30.3 Å². The minimum Gasteiger partial charge on any atom is -0.451 e. The van der Waals surface area contributed by atoms with Crippen molar-refractivity contribution in [2.24, 2.45) is 23.2 Å². The van der Waals surface area contributed by atoms with Crippen LogP contribution in [0.2, 0.25) is 10.0 Å². The Morgan fingerprint density at radius 1 is 1.06 bits per heavy atom. The van der Waals surface area contributed by atoms with Crippen molar-refractivity contribution in [1.29, 1.82) is 0 Å². The maximum Gasteiger partial charge on any atom is 0.293 e.